The van der Waals surface area contributed by atoms with Crippen molar-refractivity contribution in [3.63, 3.8) is 0 Å². The molecule has 3 rings (SSSR count). The van der Waals surface area contributed by atoms with Crippen LogP contribution in [0.15, 0.2) is 35.2 Å². The van der Waals surface area contributed by atoms with Crippen molar-refractivity contribution in [3.8, 4) is 0 Å². The predicted octanol–water partition coefficient (Wildman–Crippen LogP) is 3.06. The van der Waals surface area contributed by atoms with Gasteiger partial charge in [-0.1, -0.05) is 17.7 Å². The van der Waals surface area contributed by atoms with Crippen molar-refractivity contribution in [3.05, 3.63) is 53.0 Å². The summed E-state index contributed by atoms with van der Waals surface area (Å²) in [5, 5.41) is 10.6. The van der Waals surface area contributed by atoms with Crippen LogP contribution in [0.4, 0.5) is 17.5 Å². The summed E-state index contributed by atoms with van der Waals surface area (Å²) in [6.45, 7) is 10.5. The van der Waals surface area contributed by atoms with Crippen LogP contribution in [-0.2, 0) is 16.6 Å². The highest BCUT2D eigenvalue weighted by Gasteiger charge is 2.23. The molecule has 0 aliphatic heterocycles. The van der Waals surface area contributed by atoms with Gasteiger partial charge in [0.05, 0.1) is 11.4 Å². The lowest BCUT2D eigenvalue weighted by Crippen LogP contribution is -2.30. The zero-order valence-corrected chi connectivity index (χ0v) is 19.3. The summed E-state index contributed by atoms with van der Waals surface area (Å²) in [6.07, 6.45) is 0. The molecule has 166 valence electrons. The Morgan fingerprint density at radius 1 is 1.00 bits per heavy atom. The minimum Gasteiger partial charge on any atom is -0.353 e. The quantitative estimate of drug-likeness (QED) is 0.436. The van der Waals surface area contributed by atoms with E-state index in [4.69, 9.17) is 0 Å². The van der Waals surface area contributed by atoms with Crippen LogP contribution >= 0.6 is 0 Å². The number of aryl methyl sites for hydroxylation is 4. The van der Waals surface area contributed by atoms with Gasteiger partial charge in [-0.25, -0.2) is 18.1 Å². The van der Waals surface area contributed by atoms with Crippen LogP contribution in [0.25, 0.3) is 0 Å². The summed E-state index contributed by atoms with van der Waals surface area (Å²) in [4.78, 5) is 9.08. The number of hydrogen-bond donors (Lipinski definition) is 3. The average Bonchev–Trinajstić information content (AvgIpc) is 3.01. The third kappa shape index (κ3) is 5.59. The fraction of sp³-hybridized carbons (Fsp3) is 0.381. The Morgan fingerprint density at radius 3 is 2.35 bits per heavy atom. The Balaban J connectivity index is 1.61. The van der Waals surface area contributed by atoms with Crippen molar-refractivity contribution in [2.75, 3.05) is 23.7 Å². The Bertz CT molecular complexity index is 1160. The highest BCUT2D eigenvalue weighted by molar-refractivity contribution is 7.89. The number of nitrogens with zero attached hydrogens (tertiary/aromatic N) is 4. The highest BCUT2D eigenvalue weighted by Crippen LogP contribution is 2.19. The number of hydrogen-bond acceptors (Lipinski definition) is 7. The molecule has 0 spiro atoms. The maximum atomic E-state index is 12.7. The summed E-state index contributed by atoms with van der Waals surface area (Å²) >= 11 is 0. The van der Waals surface area contributed by atoms with Crippen LogP contribution in [0.2, 0.25) is 0 Å². The fourth-order valence-electron chi connectivity index (χ4n) is 3.31. The molecule has 0 bridgehead atoms. The summed E-state index contributed by atoms with van der Waals surface area (Å²) in [7, 11) is -3.65. The molecular weight excluding hydrogens is 414 g/mol. The van der Waals surface area contributed by atoms with Crippen LogP contribution in [-0.4, -0.2) is 41.3 Å². The molecule has 31 heavy (non-hydrogen) atoms. The van der Waals surface area contributed by atoms with E-state index in [1.165, 1.54) is 5.56 Å². The second kappa shape index (κ2) is 9.44. The maximum absolute atomic E-state index is 12.7. The van der Waals surface area contributed by atoms with Crippen LogP contribution in [0.5, 0.6) is 0 Å². The van der Waals surface area contributed by atoms with Gasteiger partial charge in [0.1, 0.15) is 10.7 Å². The Morgan fingerprint density at radius 2 is 1.71 bits per heavy atom. The van der Waals surface area contributed by atoms with E-state index in [2.05, 4.69) is 30.4 Å². The first-order chi connectivity index (χ1) is 14.7. The van der Waals surface area contributed by atoms with Gasteiger partial charge >= 0.3 is 0 Å². The fourth-order valence-corrected chi connectivity index (χ4v) is 4.74. The van der Waals surface area contributed by atoms with Crippen LogP contribution in [0, 0.1) is 27.7 Å². The first-order valence-corrected chi connectivity index (χ1v) is 11.6. The molecule has 3 N–H and O–H groups in total. The van der Waals surface area contributed by atoms with Gasteiger partial charge in [-0.05, 0) is 46.8 Å². The van der Waals surface area contributed by atoms with Crippen molar-refractivity contribution in [1.29, 1.82) is 0 Å². The first-order valence-electron chi connectivity index (χ1n) is 10.2. The van der Waals surface area contributed by atoms with Gasteiger partial charge in [0, 0.05) is 37.1 Å². The zero-order valence-electron chi connectivity index (χ0n) is 18.5. The Kier molecular flexibility index (Phi) is 6.91. The van der Waals surface area contributed by atoms with E-state index >= 15 is 0 Å². The molecule has 0 saturated heterocycles. The minimum atomic E-state index is -3.65. The van der Waals surface area contributed by atoms with Gasteiger partial charge in [0.2, 0.25) is 16.0 Å². The number of rotatable bonds is 9. The first kappa shape index (κ1) is 22.7. The number of anilines is 3. The molecule has 0 aliphatic carbocycles. The molecule has 0 radical (unpaired) electrons. The smallest absolute Gasteiger partial charge is 0.244 e. The Hall–Kier alpha value is -2.98. The summed E-state index contributed by atoms with van der Waals surface area (Å²) in [5.41, 5.74) is 4.04. The molecule has 0 amide bonds. The van der Waals surface area contributed by atoms with E-state index in [0.717, 1.165) is 11.4 Å². The lowest BCUT2D eigenvalue weighted by Gasteiger charge is -2.11. The average molecular weight is 444 g/mol. The van der Waals surface area contributed by atoms with Crippen molar-refractivity contribution < 1.29 is 8.42 Å². The molecule has 10 heteroatoms. The molecule has 1 aromatic carbocycles. The third-order valence-electron chi connectivity index (χ3n) is 4.76. The van der Waals surface area contributed by atoms with Crippen molar-refractivity contribution in [2.45, 2.75) is 46.1 Å². The molecule has 3 aromatic rings. The second-order valence-corrected chi connectivity index (χ2v) is 9.05. The molecular formula is C21H29N7O2S. The molecule has 9 nitrogen and oxygen atoms in total. The monoisotopic (exact) mass is 443 g/mol. The van der Waals surface area contributed by atoms with E-state index in [0.29, 0.717) is 36.2 Å². The topological polar surface area (TPSA) is 114 Å². The third-order valence-corrected chi connectivity index (χ3v) is 6.47. The molecule has 0 unspecified atom stereocenters. The van der Waals surface area contributed by atoms with Gasteiger partial charge < -0.3 is 10.6 Å². The van der Waals surface area contributed by atoms with Gasteiger partial charge in [-0.15, -0.1) is 0 Å². The van der Waals surface area contributed by atoms with Gasteiger partial charge in [0.25, 0.3) is 0 Å². The molecule has 0 fully saturated rings. The standard InChI is InChI=1S/C21H29N7O2S/c1-6-28-17(5)20(16(4)27-28)31(29,30)23-12-11-22-21-24-15(3)13-19(26-21)25-18-9-7-14(2)8-10-18/h7-10,13,23H,6,11-12H2,1-5H3,(H2,22,24,25,26). The zero-order chi connectivity index (χ0) is 22.6. The van der Waals surface area contributed by atoms with E-state index in [9.17, 15) is 8.42 Å². The maximum Gasteiger partial charge on any atom is 0.244 e. The number of sulfonamides is 1. The van der Waals surface area contributed by atoms with E-state index in [1.807, 2.05) is 51.1 Å². The number of aromatic nitrogens is 4. The van der Waals surface area contributed by atoms with Crippen LogP contribution in [0.1, 0.15) is 29.6 Å². The highest BCUT2D eigenvalue weighted by atomic mass is 32.2. The summed E-state index contributed by atoms with van der Waals surface area (Å²) < 4.78 is 29.7. The Labute approximate surface area is 183 Å². The van der Waals surface area contributed by atoms with Gasteiger partial charge in [-0.2, -0.15) is 10.1 Å². The van der Waals surface area contributed by atoms with Crippen LogP contribution < -0.4 is 15.4 Å². The number of benzene rings is 1. The van der Waals surface area contributed by atoms with E-state index in [1.54, 1.807) is 18.5 Å². The van der Waals surface area contributed by atoms with Gasteiger partial charge in [0.15, 0.2) is 0 Å². The summed E-state index contributed by atoms with van der Waals surface area (Å²) in [5.74, 6) is 1.10. The largest absolute Gasteiger partial charge is 0.353 e. The number of nitrogens with one attached hydrogen (secondary N) is 3. The molecule has 0 atom stereocenters. The lowest BCUT2D eigenvalue weighted by molar-refractivity contribution is 0.580. The molecule has 0 saturated carbocycles. The summed E-state index contributed by atoms with van der Waals surface area (Å²) in [6, 6.07) is 9.87. The molecule has 2 heterocycles. The second-order valence-electron chi connectivity index (χ2n) is 7.35. The van der Waals surface area contributed by atoms with E-state index in [-0.39, 0.29) is 11.4 Å². The van der Waals surface area contributed by atoms with Crippen LogP contribution in [0.3, 0.4) is 0 Å². The normalized spacial score (nSPS) is 11.5. The van der Waals surface area contributed by atoms with Crippen molar-refractivity contribution in [1.82, 2.24) is 24.5 Å². The SMILES string of the molecule is CCn1nc(C)c(S(=O)(=O)NCCNc2nc(C)cc(Nc3ccc(C)cc3)n2)c1C. The predicted molar refractivity (Wildman–Crippen MR) is 122 cm³/mol. The molecule has 0 aliphatic rings. The van der Waals surface area contributed by atoms with E-state index < -0.39 is 10.0 Å². The van der Waals surface area contributed by atoms with Crippen molar-refractivity contribution >= 4 is 27.5 Å². The minimum absolute atomic E-state index is 0.191. The van der Waals surface area contributed by atoms with Gasteiger partial charge in [-0.3, -0.25) is 4.68 Å². The van der Waals surface area contributed by atoms with Crippen molar-refractivity contribution in [2.24, 2.45) is 0 Å². The lowest BCUT2D eigenvalue weighted by atomic mass is 10.2. The molecule has 2 aromatic heterocycles.